The first kappa shape index (κ1) is 73.8. The second-order valence-corrected chi connectivity index (χ2v) is 29.2. The lowest BCUT2D eigenvalue weighted by Gasteiger charge is -2.37. The molecule has 2 aromatic carbocycles. The van der Waals surface area contributed by atoms with E-state index in [4.69, 9.17) is 39.2 Å². The lowest BCUT2D eigenvalue weighted by molar-refractivity contribution is 0.0196. The Kier molecular flexibility index (Phi) is 25.3. The molecule has 25 nitrogen and oxygen atoms in total. The predicted molar refractivity (Wildman–Crippen MR) is 381 cm³/mol. The molecular weight excluding hydrogens is 1330 g/mol. The number of nitrogens with zero attached hydrogens (tertiary/aromatic N) is 14. The maximum atomic E-state index is 13.6. The van der Waals surface area contributed by atoms with Gasteiger partial charge in [0, 0.05) is 138 Å². The van der Waals surface area contributed by atoms with Crippen molar-refractivity contribution in [3.63, 3.8) is 0 Å². The van der Waals surface area contributed by atoms with Crippen LogP contribution in [0.15, 0.2) is 114 Å². The average Bonchev–Trinajstić information content (AvgIpc) is 1.77. The molecule has 0 spiro atoms. The minimum Gasteiger partial charge on any atom is -0.480 e. The smallest absolute Gasteiger partial charge is 0.410 e. The minimum atomic E-state index is -3.76. The van der Waals surface area contributed by atoms with E-state index in [0.717, 1.165) is 107 Å². The number of pyridine rings is 2. The lowest BCUT2D eigenvalue weighted by Crippen LogP contribution is -2.48. The van der Waals surface area contributed by atoms with Crippen molar-refractivity contribution >= 4 is 73.7 Å². The predicted octanol–water partition coefficient (Wildman–Crippen LogP) is 11.6. The van der Waals surface area contributed by atoms with E-state index in [0.29, 0.717) is 70.7 Å². The maximum Gasteiger partial charge on any atom is 0.410 e. The van der Waals surface area contributed by atoms with Crippen LogP contribution in [0.25, 0.3) is 43.7 Å². The van der Waals surface area contributed by atoms with Crippen LogP contribution < -0.4 is 40.1 Å². The number of amides is 2. The van der Waals surface area contributed by atoms with E-state index in [1.54, 1.807) is 58.8 Å². The van der Waals surface area contributed by atoms with Crippen molar-refractivity contribution in [3.05, 3.63) is 120 Å². The number of piperidine rings is 2. The number of hydrogen-bond donors (Lipinski definition) is 3. The highest BCUT2D eigenvalue weighted by Crippen LogP contribution is 2.42. The quantitative estimate of drug-likeness (QED) is 0.0853. The van der Waals surface area contributed by atoms with Crippen molar-refractivity contribution in [1.82, 2.24) is 55.0 Å². The Morgan fingerprint density at radius 2 is 1.03 bits per heavy atom. The van der Waals surface area contributed by atoms with Gasteiger partial charge < -0.3 is 59.4 Å². The van der Waals surface area contributed by atoms with Crippen LogP contribution in [0.5, 0.6) is 11.8 Å². The SMILES string of the molecule is CC#N.COc1nc(N2CCN(c3cccnc3)CC2)nc(N[C@@H]2CCCN(C(=O)OC(C)(C)C)C2)c1-c1nc(-c2ccc(F)cc2)cs1.COc1nc(S(C)(=O)=O)nc(N[C@@H]2CCCN(C(=O)OC(C)(C)C)C2)c1-c1nc(-c2ccc(F)cc2)cs1.c1cncc(N2CCNCC2)c1. The highest BCUT2D eigenvalue weighted by molar-refractivity contribution is 7.90. The fourth-order valence-electron chi connectivity index (χ4n) is 11.1. The van der Waals surface area contributed by atoms with Crippen LogP contribution in [-0.2, 0) is 19.3 Å². The number of carbonyl (C=O) groups excluding carboxylic acids is 2. The summed E-state index contributed by atoms with van der Waals surface area (Å²) in [6.07, 6.45) is 10.8. The minimum absolute atomic E-state index is 0.0442. The van der Waals surface area contributed by atoms with Gasteiger partial charge in [0.1, 0.15) is 55.6 Å². The van der Waals surface area contributed by atoms with Crippen molar-refractivity contribution < 1.29 is 45.7 Å². The number of ether oxygens (including phenoxy) is 4. The summed E-state index contributed by atoms with van der Waals surface area (Å²) in [6, 6.07) is 21.8. The highest BCUT2D eigenvalue weighted by Gasteiger charge is 2.34. The molecule has 12 rings (SSSR count). The molecule has 2 amide bonds. The van der Waals surface area contributed by atoms with E-state index in [2.05, 4.69) is 67.7 Å². The van der Waals surface area contributed by atoms with Gasteiger partial charge in [0.25, 0.3) is 5.16 Å². The first-order valence-corrected chi connectivity index (χ1v) is 36.1. The molecule has 0 saturated carbocycles. The number of benzene rings is 2. The number of sulfone groups is 1. The van der Waals surface area contributed by atoms with E-state index in [-0.39, 0.29) is 41.5 Å². The number of nitriles is 1. The summed E-state index contributed by atoms with van der Waals surface area (Å²) in [7, 11) is -0.777. The van der Waals surface area contributed by atoms with Gasteiger partial charge in [0.15, 0.2) is 0 Å². The number of halogens is 2. The zero-order chi connectivity index (χ0) is 70.9. The molecule has 526 valence electrons. The summed E-state index contributed by atoms with van der Waals surface area (Å²) >= 11 is 2.74. The standard InChI is InChI=1S/C33H39FN8O3S.C25H30FN5O5S2.C9H13N3.C2H3N/c1-33(2,3)45-32(43)42-14-6-7-24(20-42)36-28-27(30-37-26(21-46-30)22-9-11-23(34)12-10-22)29(44-4)39-31(38-28)41-17-15-40(16-18-41)25-8-5-13-35-19-25;1-25(2,3)36-24(32)31-12-6-7-17(13-31)27-20-19(21(35-4)30-23(29-20)38(5,33)34)22-28-18(14-37-22)15-8-10-16(26)11-9-15;1-2-9(8-11-3-1)12-6-4-10-5-7-12;1-2-3/h5,8-13,19,21,24H,6-7,14-18,20H2,1-4H3,(H,36,38,39);8-11,14,17H,6-7,12-13H2,1-5H3,(H,27,29,30);1-3,8,10H,4-7H2;1H3/t24-;17-;;/m11../s1. The van der Waals surface area contributed by atoms with E-state index >= 15 is 0 Å². The average molecular weight is 1410 g/mol. The van der Waals surface area contributed by atoms with Gasteiger partial charge in [-0.3, -0.25) is 9.97 Å². The van der Waals surface area contributed by atoms with Crippen LogP contribution in [0.3, 0.4) is 0 Å². The van der Waals surface area contributed by atoms with Crippen molar-refractivity contribution in [2.45, 2.75) is 103 Å². The molecular formula is C69H85F2N17O8S3. The molecule has 4 saturated heterocycles. The topological polar surface area (TPSA) is 284 Å². The Bertz CT molecular complexity index is 4110. The maximum absolute atomic E-state index is 13.6. The van der Waals surface area contributed by atoms with Crippen LogP contribution >= 0.6 is 22.7 Å². The summed E-state index contributed by atoms with van der Waals surface area (Å²) in [5.74, 6) is 1.18. The molecule has 99 heavy (non-hydrogen) atoms. The second kappa shape index (κ2) is 33.9. The molecule has 10 heterocycles. The number of rotatable bonds is 14. The van der Waals surface area contributed by atoms with Gasteiger partial charge in [-0.05, 0) is 140 Å². The van der Waals surface area contributed by atoms with Crippen LogP contribution in [-0.4, -0.2) is 193 Å². The number of likely N-dealkylation sites (tertiary alicyclic amines) is 2. The van der Waals surface area contributed by atoms with Gasteiger partial charge in [0.05, 0.1) is 55.4 Å². The number of aromatic nitrogens is 8. The van der Waals surface area contributed by atoms with E-state index < -0.39 is 32.3 Å². The number of hydrogen-bond acceptors (Lipinski definition) is 25. The highest BCUT2D eigenvalue weighted by atomic mass is 32.2. The van der Waals surface area contributed by atoms with Gasteiger partial charge in [0.2, 0.25) is 27.5 Å². The Hall–Kier alpha value is -9.44. The molecule has 6 aromatic heterocycles. The number of carbonyl (C=O) groups is 2. The molecule has 30 heteroatoms. The normalized spacial score (nSPS) is 16.5. The second-order valence-electron chi connectivity index (χ2n) is 25.5. The number of nitrogens with one attached hydrogen (secondary N) is 3. The Morgan fingerprint density at radius 3 is 1.44 bits per heavy atom. The molecule has 2 atom stereocenters. The zero-order valence-corrected chi connectivity index (χ0v) is 59.8. The van der Waals surface area contributed by atoms with Crippen molar-refractivity contribution in [2.75, 3.05) is 124 Å². The van der Waals surface area contributed by atoms with Gasteiger partial charge in [-0.15, -0.1) is 22.7 Å². The Balaban J connectivity index is 0.000000193. The van der Waals surface area contributed by atoms with Crippen LogP contribution in [0.1, 0.15) is 74.1 Å². The molecule has 0 radical (unpaired) electrons. The molecule has 0 aliphatic carbocycles. The third-order valence-electron chi connectivity index (χ3n) is 15.7. The Labute approximate surface area is 584 Å². The third kappa shape index (κ3) is 20.8. The largest absolute Gasteiger partial charge is 0.480 e. The summed E-state index contributed by atoms with van der Waals surface area (Å²) in [4.78, 5) is 72.1. The summed E-state index contributed by atoms with van der Waals surface area (Å²) in [5.41, 5.74) is 5.02. The van der Waals surface area contributed by atoms with Gasteiger partial charge in [-0.1, -0.05) is 0 Å². The molecule has 0 unspecified atom stereocenters. The van der Waals surface area contributed by atoms with Gasteiger partial charge in [-0.25, -0.2) is 41.7 Å². The number of methoxy groups -OCH3 is 2. The van der Waals surface area contributed by atoms with E-state index in [1.165, 1.54) is 66.7 Å². The molecule has 4 aliphatic heterocycles. The van der Waals surface area contributed by atoms with Crippen LogP contribution in [0, 0.1) is 23.0 Å². The Morgan fingerprint density at radius 1 is 0.606 bits per heavy atom. The van der Waals surface area contributed by atoms with E-state index in [1.807, 2.05) is 77.6 Å². The molecule has 0 bridgehead atoms. The number of thiazole rings is 2. The van der Waals surface area contributed by atoms with Crippen molar-refractivity contribution in [3.8, 4) is 61.5 Å². The molecule has 3 N–H and O–H groups in total. The monoisotopic (exact) mass is 1410 g/mol. The fraction of sp³-hybridized carbons (Fsp3) is 0.435. The zero-order valence-electron chi connectivity index (χ0n) is 57.4. The third-order valence-corrected chi connectivity index (χ3v) is 18.2. The van der Waals surface area contributed by atoms with E-state index in [9.17, 15) is 26.8 Å². The lowest BCUT2D eigenvalue weighted by atomic mass is 10.1. The first-order valence-electron chi connectivity index (χ1n) is 32.5. The molecule has 8 aromatic rings. The first-order chi connectivity index (χ1) is 47.4. The van der Waals surface area contributed by atoms with Crippen molar-refractivity contribution in [2.24, 2.45) is 0 Å². The molecule has 4 fully saturated rings. The summed E-state index contributed by atoms with van der Waals surface area (Å²) in [6.45, 7) is 21.8. The number of piperazine rings is 2. The summed E-state index contributed by atoms with van der Waals surface area (Å²) < 4.78 is 74.3. The summed E-state index contributed by atoms with van der Waals surface area (Å²) in [5, 5.41) is 22.1. The van der Waals surface area contributed by atoms with Crippen molar-refractivity contribution in [1.29, 1.82) is 5.26 Å². The fourth-order valence-corrected chi connectivity index (χ4v) is 13.3. The molecule has 4 aliphatic rings. The van der Waals surface area contributed by atoms with Gasteiger partial charge in [-0.2, -0.15) is 20.2 Å². The van der Waals surface area contributed by atoms with Crippen LogP contribution in [0.2, 0.25) is 0 Å². The van der Waals surface area contributed by atoms with Gasteiger partial charge >= 0.3 is 12.2 Å². The number of anilines is 5. The van der Waals surface area contributed by atoms with Crippen LogP contribution in [0.4, 0.5) is 47.3 Å².